The Bertz CT molecular complexity index is 565. The molecule has 1 atom stereocenters. The Labute approximate surface area is 162 Å². The van der Waals surface area contributed by atoms with E-state index in [9.17, 15) is 4.79 Å². The minimum Gasteiger partial charge on any atom is -0.368 e. The molecule has 1 unspecified atom stereocenters. The van der Waals surface area contributed by atoms with Crippen molar-refractivity contribution in [2.45, 2.75) is 37.8 Å². The molecular weight excluding hydrogens is 361 g/mol. The number of hydrogen-bond donors (Lipinski definition) is 2. The second-order valence-electron chi connectivity index (χ2n) is 6.58. The Morgan fingerprint density at radius 3 is 2.68 bits per heavy atom. The fraction of sp³-hybridized carbons (Fsp3) is 0.611. The van der Waals surface area contributed by atoms with E-state index >= 15 is 0 Å². The number of para-hydroxylation sites is 1. The molecule has 2 aliphatic heterocycles. The normalized spacial score (nSPS) is 19.2. The highest BCUT2D eigenvalue weighted by Crippen LogP contribution is 2.29. The molecule has 1 amide bonds. The molecule has 2 aliphatic rings. The first-order chi connectivity index (χ1) is 11.2. The summed E-state index contributed by atoms with van der Waals surface area (Å²) in [4.78, 5) is 15.0. The maximum atomic E-state index is 12.6. The third-order valence-corrected chi connectivity index (χ3v) is 5.23. The number of hydrogen-bond acceptors (Lipinski definition) is 4. The number of benzene rings is 1. The number of anilines is 1. The Hall–Kier alpha value is -1.01. The van der Waals surface area contributed by atoms with Crippen molar-refractivity contribution in [3.63, 3.8) is 0 Å². The molecule has 25 heavy (non-hydrogen) atoms. The maximum absolute atomic E-state index is 12.6. The third-order valence-electron chi connectivity index (χ3n) is 5.23. The van der Waals surface area contributed by atoms with Crippen molar-refractivity contribution in [3.8, 4) is 0 Å². The van der Waals surface area contributed by atoms with Gasteiger partial charge in [-0.1, -0.05) is 18.2 Å². The van der Waals surface area contributed by atoms with Crippen molar-refractivity contribution in [1.82, 2.24) is 10.6 Å². The molecule has 0 aromatic heterocycles. The van der Waals surface area contributed by atoms with Crippen molar-refractivity contribution < 1.29 is 9.53 Å². The number of methoxy groups -OCH3 is 1. The number of fused-ring (bicyclic) bond motifs is 1. The van der Waals surface area contributed by atoms with Crippen LogP contribution in [0.5, 0.6) is 0 Å². The molecule has 0 spiro atoms. The maximum Gasteiger partial charge on any atom is 0.252 e. The first-order valence-electron chi connectivity index (χ1n) is 8.55. The van der Waals surface area contributed by atoms with Crippen LogP contribution in [0.2, 0.25) is 0 Å². The Kier molecular flexibility index (Phi) is 8.48. The fourth-order valence-corrected chi connectivity index (χ4v) is 3.69. The first-order valence-corrected chi connectivity index (χ1v) is 8.55. The van der Waals surface area contributed by atoms with Crippen LogP contribution in [0, 0.1) is 0 Å². The largest absolute Gasteiger partial charge is 0.368 e. The van der Waals surface area contributed by atoms with Gasteiger partial charge in [0.25, 0.3) is 5.91 Å². The lowest BCUT2D eigenvalue weighted by Crippen LogP contribution is -2.55. The molecule has 142 valence electrons. The van der Waals surface area contributed by atoms with E-state index in [1.165, 1.54) is 11.3 Å². The van der Waals surface area contributed by atoms with Gasteiger partial charge in [0.15, 0.2) is 0 Å². The minimum atomic E-state index is -0.659. The van der Waals surface area contributed by atoms with Crippen LogP contribution in [-0.4, -0.2) is 50.8 Å². The summed E-state index contributed by atoms with van der Waals surface area (Å²) in [6, 6.07) is 8.81. The van der Waals surface area contributed by atoms with E-state index in [1.807, 2.05) is 0 Å². The van der Waals surface area contributed by atoms with Crippen LogP contribution in [-0.2, 0) is 16.0 Å². The highest BCUT2D eigenvalue weighted by atomic mass is 35.5. The van der Waals surface area contributed by atoms with Crippen LogP contribution in [0.4, 0.5) is 5.69 Å². The second kappa shape index (κ2) is 9.62. The number of rotatable bonds is 5. The number of ether oxygens (including phenoxy) is 1. The van der Waals surface area contributed by atoms with Crippen molar-refractivity contribution in [1.29, 1.82) is 0 Å². The molecule has 1 aromatic rings. The third kappa shape index (κ3) is 4.59. The number of halogens is 2. The summed E-state index contributed by atoms with van der Waals surface area (Å²) >= 11 is 0. The summed E-state index contributed by atoms with van der Waals surface area (Å²) in [6.45, 7) is 5.50. The van der Waals surface area contributed by atoms with Crippen LogP contribution in [0.3, 0.4) is 0 Å². The van der Waals surface area contributed by atoms with E-state index in [4.69, 9.17) is 4.74 Å². The van der Waals surface area contributed by atoms with Gasteiger partial charge in [-0.3, -0.25) is 4.79 Å². The number of nitrogens with one attached hydrogen (secondary N) is 2. The SMILES string of the molecule is COC1(C(=O)NCC(C)N2CCc3ccccc32)CCNCC1.Cl.Cl. The summed E-state index contributed by atoms with van der Waals surface area (Å²) in [7, 11) is 1.64. The van der Waals surface area contributed by atoms with Gasteiger partial charge in [0, 0.05) is 31.9 Å². The zero-order chi connectivity index (χ0) is 16.3. The summed E-state index contributed by atoms with van der Waals surface area (Å²) in [5.74, 6) is 0.0285. The zero-order valence-corrected chi connectivity index (χ0v) is 16.5. The molecule has 5 nitrogen and oxygen atoms in total. The molecule has 0 aliphatic carbocycles. The Morgan fingerprint density at radius 2 is 2.00 bits per heavy atom. The van der Waals surface area contributed by atoms with Crippen LogP contribution >= 0.6 is 24.8 Å². The van der Waals surface area contributed by atoms with Gasteiger partial charge in [0.05, 0.1) is 0 Å². The average Bonchev–Trinajstić information content (AvgIpc) is 3.04. The lowest BCUT2D eigenvalue weighted by atomic mass is 9.91. The van der Waals surface area contributed by atoms with Gasteiger partial charge in [-0.15, -0.1) is 24.8 Å². The average molecular weight is 390 g/mol. The molecule has 2 N–H and O–H groups in total. The van der Waals surface area contributed by atoms with E-state index in [1.54, 1.807) is 7.11 Å². The molecule has 7 heteroatoms. The monoisotopic (exact) mass is 389 g/mol. The van der Waals surface area contributed by atoms with Gasteiger partial charge in [0.1, 0.15) is 5.60 Å². The molecular formula is C18H29Cl2N3O2. The van der Waals surface area contributed by atoms with Crippen LogP contribution < -0.4 is 15.5 Å². The van der Waals surface area contributed by atoms with Crippen molar-refractivity contribution in [3.05, 3.63) is 29.8 Å². The van der Waals surface area contributed by atoms with E-state index in [-0.39, 0.29) is 36.8 Å². The fourth-order valence-electron chi connectivity index (χ4n) is 3.69. The number of carbonyl (C=O) groups is 1. The van der Waals surface area contributed by atoms with Gasteiger partial charge < -0.3 is 20.3 Å². The predicted molar refractivity (Wildman–Crippen MR) is 106 cm³/mol. The number of amides is 1. The predicted octanol–water partition coefficient (Wildman–Crippen LogP) is 2.17. The highest BCUT2D eigenvalue weighted by molar-refractivity contribution is 5.86. The second-order valence-corrected chi connectivity index (χ2v) is 6.58. The van der Waals surface area contributed by atoms with Crippen molar-refractivity contribution in [2.24, 2.45) is 0 Å². The molecule has 0 radical (unpaired) electrons. The molecule has 1 saturated heterocycles. The Morgan fingerprint density at radius 1 is 1.32 bits per heavy atom. The molecule has 3 rings (SSSR count). The quantitative estimate of drug-likeness (QED) is 0.809. The van der Waals surface area contributed by atoms with Gasteiger partial charge in [-0.25, -0.2) is 0 Å². The molecule has 0 bridgehead atoms. The molecule has 2 heterocycles. The van der Waals surface area contributed by atoms with Crippen LogP contribution in [0.25, 0.3) is 0 Å². The summed E-state index contributed by atoms with van der Waals surface area (Å²) < 4.78 is 5.59. The van der Waals surface area contributed by atoms with Crippen LogP contribution in [0.1, 0.15) is 25.3 Å². The molecule has 0 saturated carbocycles. The summed E-state index contributed by atoms with van der Waals surface area (Å²) in [6.07, 6.45) is 2.55. The minimum absolute atomic E-state index is 0. The highest BCUT2D eigenvalue weighted by Gasteiger charge is 2.39. The van der Waals surface area contributed by atoms with E-state index in [0.717, 1.165) is 38.9 Å². The van der Waals surface area contributed by atoms with E-state index < -0.39 is 5.60 Å². The van der Waals surface area contributed by atoms with Crippen molar-refractivity contribution >= 4 is 36.4 Å². The summed E-state index contributed by atoms with van der Waals surface area (Å²) in [5, 5.41) is 6.40. The molecule has 1 fully saturated rings. The topological polar surface area (TPSA) is 53.6 Å². The Balaban J connectivity index is 0.00000156. The van der Waals surface area contributed by atoms with E-state index in [0.29, 0.717) is 6.54 Å². The summed E-state index contributed by atoms with van der Waals surface area (Å²) in [5.41, 5.74) is 2.04. The smallest absolute Gasteiger partial charge is 0.252 e. The standard InChI is InChI=1S/C18H27N3O2.2ClH/c1-14(21-12-7-15-5-3-4-6-16(15)21)13-20-17(22)18(23-2)8-10-19-11-9-18;;/h3-6,14,19H,7-13H2,1-2H3,(H,20,22);2*1H. The number of carbonyl (C=O) groups excluding carboxylic acids is 1. The van der Waals surface area contributed by atoms with Gasteiger partial charge in [-0.2, -0.15) is 0 Å². The van der Waals surface area contributed by atoms with Crippen LogP contribution in [0.15, 0.2) is 24.3 Å². The lowest BCUT2D eigenvalue weighted by molar-refractivity contribution is -0.146. The first kappa shape index (κ1) is 22.0. The van der Waals surface area contributed by atoms with Gasteiger partial charge in [-0.05, 0) is 50.9 Å². The lowest BCUT2D eigenvalue weighted by Gasteiger charge is -2.36. The van der Waals surface area contributed by atoms with Crippen molar-refractivity contribution in [2.75, 3.05) is 38.2 Å². The van der Waals surface area contributed by atoms with E-state index in [2.05, 4.69) is 46.7 Å². The van der Waals surface area contributed by atoms with Gasteiger partial charge >= 0.3 is 0 Å². The molecule has 1 aromatic carbocycles. The zero-order valence-electron chi connectivity index (χ0n) is 14.9. The number of nitrogens with zero attached hydrogens (tertiary/aromatic N) is 1. The number of piperidine rings is 1. The van der Waals surface area contributed by atoms with Gasteiger partial charge in [0.2, 0.25) is 0 Å².